The number of amides is 1. The first-order valence-corrected chi connectivity index (χ1v) is 11.9. The van der Waals surface area contributed by atoms with Gasteiger partial charge in [0.15, 0.2) is 0 Å². The standard InChI is InChI=1S/C27H33N3O3/c1-3-30-25-19-23(10-11-24(25)20(2)18-26(30)31)33-17-7-14-29-15-12-22(13-16-29)28-27(32)21-8-5-4-6-9-21/h4-6,8-11,18-19,22H,3,7,12-17H2,1-2H3,(H,28,32). The van der Waals surface area contributed by atoms with E-state index >= 15 is 0 Å². The second-order valence-corrected chi connectivity index (χ2v) is 8.75. The highest BCUT2D eigenvalue weighted by atomic mass is 16.5. The van der Waals surface area contributed by atoms with Crippen molar-refractivity contribution in [1.29, 1.82) is 0 Å². The molecule has 0 atom stereocenters. The number of rotatable bonds is 8. The molecule has 0 radical (unpaired) electrons. The number of hydrogen-bond donors (Lipinski definition) is 1. The minimum Gasteiger partial charge on any atom is -0.493 e. The predicted molar refractivity (Wildman–Crippen MR) is 132 cm³/mol. The number of aryl methyl sites for hydroxylation is 2. The lowest BCUT2D eigenvalue weighted by Gasteiger charge is -2.32. The van der Waals surface area contributed by atoms with E-state index in [1.54, 1.807) is 10.6 Å². The Balaban J connectivity index is 1.22. The van der Waals surface area contributed by atoms with Gasteiger partial charge in [-0.15, -0.1) is 0 Å². The topological polar surface area (TPSA) is 63.6 Å². The summed E-state index contributed by atoms with van der Waals surface area (Å²) in [7, 11) is 0. The predicted octanol–water partition coefficient (Wildman–Crippen LogP) is 3.99. The smallest absolute Gasteiger partial charge is 0.251 e. The van der Waals surface area contributed by atoms with Gasteiger partial charge in [-0.05, 0) is 62.9 Å². The SMILES string of the molecule is CCn1c(=O)cc(C)c2ccc(OCCCN3CCC(NC(=O)c4ccccc4)CC3)cc21. The Kier molecular flexibility index (Phi) is 7.45. The lowest BCUT2D eigenvalue weighted by atomic mass is 10.0. The highest BCUT2D eigenvalue weighted by molar-refractivity contribution is 5.94. The molecule has 1 aromatic heterocycles. The molecule has 4 rings (SSSR count). The summed E-state index contributed by atoms with van der Waals surface area (Å²) >= 11 is 0. The molecular formula is C27H33N3O3. The lowest BCUT2D eigenvalue weighted by Crippen LogP contribution is -2.45. The second-order valence-electron chi connectivity index (χ2n) is 8.75. The number of likely N-dealkylation sites (tertiary alicyclic amines) is 1. The first-order chi connectivity index (χ1) is 16.0. The highest BCUT2D eigenvalue weighted by Gasteiger charge is 2.20. The zero-order chi connectivity index (χ0) is 23.2. The second kappa shape index (κ2) is 10.7. The number of nitrogens with zero attached hydrogens (tertiary/aromatic N) is 2. The Morgan fingerprint density at radius 2 is 1.85 bits per heavy atom. The van der Waals surface area contributed by atoms with E-state index in [2.05, 4.69) is 10.2 Å². The summed E-state index contributed by atoms with van der Waals surface area (Å²) in [6, 6.07) is 17.3. The van der Waals surface area contributed by atoms with Crippen LogP contribution in [-0.2, 0) is 6.54 Å². The van der Waals surface area contributed by atoms with Crippen LogP contribution < -0.4 is 15.6 Å². The van der Waals surface area contributed by atoms with Crippen LogP contribution in [0, 0.1) is 6.92 Å². The fraction of sp³-hybridized carbons (Fsp3) is 0.407. The molecule has 33 heavy (non-hydrogen) atoms. The molecule has 0 bridgehead atoms. The molecule has 2 aromatic carbocycles. The van der Waals surface area contributed by atoms with Gasteiger partial charge in [-0.3, -0.25) is 9.59 Å². The van der Waals surface area contributed by atoms with Gasteiger partial charge in [0.05, 0.1) is 12.1 Å². The molecule has 1 N–H and O–H groups in total. The van der Waals surface area contributed by atoms with E-state index in [1.165, 1.54) is 0 Å². The third-order valence-corrected chi connectivity index (χ3v) is 6.45. The Morgan fingerprint density at radius 3 is 2.58 bits per heavy atom. The number of hydrogen-bond acceptors (Lipinski definition) is 4. The maximum absolute atomic E-state index is 12.3. The number of ether oxygens (including phenoxy) is 1. The van der Waals surface area contributed by atoms with Gasteiger partial charge in [0.1, 0.15) is 5.75 Å². The first kappa shape index (κ1) is 23.1. The van der Waals surface area contributed by atoms with Crippen molar-refractivity contribution in [1.82, 2.24) is 14.8 Å². The molecule has 1 amide bonds. The van der Waals surface area contributed by atoms with Crippen LogP contribution in [-0.4, -0.2) is 47.7 Å². The molecule has 1 saturated heterocycles. The van der Waals surface area contributed by atoms with E-state index in [4.69, 9.17) is 4.74 Å². The van der Waals surface area contributed by atoms with Crippen molar-refractivity contribution in [2.24, 2.45) is 0 Å². The molecule has 1 fully saturated rings. The highest BCUT2D eigenvalue weighted by Crippen LogP contribution is 2.23. The third kappa shape index (κ3) is 5.63. The van der Waals surface area contributed by atoms with Crippen molar-refractivity contribution in [3.05, 3.63) is 76.1 Å². The summed E-state index contributed by atoms with van der Waals surface area (Å²) in [5.74, 6) is 0.818. The average molecular weight is 448 g/mol. The molecule has 0 unspecified atom stereocenters. The summed E-state index contributed by atoms with van der Waals surface area (Å²) in [4.78, 5) is 27.1. The van der Waals surface area contributed by atoms with Crippen LogP contribution in [0.15, 0.2) is 59.4 Å². The van der Waals surface area contributed by atoms with Gasteiger partial charge >= 0.3 is 0 Å². The number of aromatic nitrogens is 1. The van der Waals surface area contributed by atoms with Gasteiger partial charge in [-0.1, -0.05) is 18.2 Å². The molecule has 0 saturated carbocycles. The van der Waals surface area contributed by atoms with Crippen molar-refractivity contribution < 1.29 is 9.53 Å². The van der Waals surface area contributed by atoms with Gasteiger partial charge in [0.25, 0.3) is 11.5 Å². The molecular weight excluding hydrogens is 414 g/mol. The van der Waals surface area contributed by atoms with Crippen molar-refractivity contribution >= 4 is 16.8 Å². The van der Waals surface area contributed by atoms with Gasteiger partial charge in [-0.25, -0.2) is 0 Å². The molecule has 2 heterocycles. The van der Waals surface area contributed by atoms with Crippen molar-refractivity contribution in [2.45, 2.75) is 45.7 Å². The minimum atomic E-state index is 0.0153. The number of fused-ring (bicyclic) bond motifs is 1. The maximum atomic E-state index is 12.3. The molecule has 3 aromatic rings. The van der Waals surface area contributed by atoms with E-state index in [0.717, 1.165) is 66.7 Å². The number of nitrogens with one attached hydrogen (secondary N) is 1. The first-order valence-electron chi connectivity index (χ1n) is 11.9. The van der Waals surface area contributed by atoms with Gasteiger partial charge in [0, 0.05) is 55.3 Å². The number of pyridine rings is 1. The van der Waals surface area contributed by atoms with Crippen LogP contribution in [0.25, 0.3) is 10.9 Å². The summed E-state index contributed by atoms with van der Waals surface area (Å²) in [5, 5.41) is 4.25. The van der Waals surface area contributed by atoms with Crippen LogP contribution >= 0.6 is 0 Å². The largest absolute Gasteiger partial charge is 0.493 e. The van der Waals surface area contributed by atoms with Crippen molar-refractivity contribution in [2.75, 3.05) is 26.2 Å². The zero-order valence-corrected chi connectivity index (χ0v) is 19.5. The average Bonchev–Trinajstić information content (AvgIpc) is 2.83. The van der Waals surface area contributed by atoms with Crippen LogP contribution in [0.5, 0.6) is 5.75 Å². The van der Waals surface area contributed by atoms with Crippen LogP contribution in [0.2, 0.25) is 0 Å². The molecule has 1 aliphatic rings. The normalized spacial score (nSPS) is 15.0. The third-order valence-electron chi connectivity index (χ3n) is 6.45. The van der Waals surface area contributed by atoms with Crippen molar-refractivity contribution in [3.8, 4) is 5.75 Å². The van der Waals surface area contributed by atoms with Gasteiger partial charge < -0.3 is 19.5 Å². The van der Waals surface area contributed by atoms with E-state index in [0.29, 0.717) is 13.2 Å². The molecule has 0 aliphatic carbocycles. The number of benzene rings is 2. The summed E-state index contributed by atoms with van der Waals surface area (Å²) in [5.41, 5.74) is 2.68. The monoisotopic (exact) mass is 447 g/mol. The Morgan fingerprint density at radius 1 is 1.09 bits per heavy atom. The maximum Gasteiger partial charge on any atom is 0.251 e. The zero-order valence-electron chi connectivity index (χ0n) is 19.5. The van der Waals surface area contributed by atoms with Gasteiger partial charge in [-0.2, -0.15) is 0 Å². The fourth-order valence-corrected chi connectivity index (χ4v) is 4.58. The van der Waals surface area contributed by atoms with E-state index in [-0.39, 0.29) is 17.5 Å². The lowest BCUT2D eigenvalue weighted by molar-refractivity contribution is 0.0909. The number of carbonyl (C=O) groups is 1. The molecule has 1 aliphatic heterocycles. The fourth-order valence-electron chi connectivity index (χ4n) is 4.58. The summed E-state index contributed by atoms with van der Waals surface area (Å²) in [6.07, 6.45) is 2.88. The minimum absolute atomic E-state index is 0.0153. The molecule has 6 nitrogen and oxygen atoms in total. The summed E-state index contributed by atoms with van der Waals surface area (Å²) in [6.45, 7) is 8.18. The van der Waals surface area contributed by atoms with E-state index in [9.17, 15) is 9.59 Å². The van der Waals surface area contributed by atoms with Gasteiger partial charge in [0.2, 0.25) is 0 Å². The summed E-state index contributed by atoms with van der Waals surface area (Å²) < 4.78 is 7.80. The number of carbonyl (C=O) groups excluding carboxylic acids is 1. The molecule has 6 heteroatoms. The van der Waals surface area contributed by atoms with Crippen LogP contribution in [0.1, 0.15) is 42.1 Å². The molecule has 174 valence electrons. The Hall–Kier alpha value is -3.12. The Labute approximate surface area is 195 Å². The van der Waals surface area contributed by atoms with E-state index < -0.39 is 0 Å². The van der Waals surface area contributed by atoms with E-state index in [1.807, 2.05) is 62.4 Å². The van der Waals surface area contributed by atoms with Crippen LogP contribution in [0.3, 0.4) is 0 Å². The number of piperidine rings is 1. The van der Waals surface area contributed by atoms with Crippen LogP contribution in [0.4, 0.5) is 0 Å². The molecule has 0 spiro atoms. The Bertz CT molecular complexity index is 1150. The quantitative estimate of drug-likeness (QED) is 0.531. The van der Waals surface area contributed by atoms with Crippen molar-refractivity contribution in [3.63, 3.8) is 0 Å².